The zero-order valence-corrected chi connectivity index (χ0v) is 11.3. The fraction of sp³-hybridized carbons (Fsp3) is 0.429. The van der Waals surface area contributed by atoms with Gasteiger partial charge in [0.15, 0.2) is 0 Å². The molecule has 108 valence electrons. The number of aliphatic hydroxyl groups excluding tert-OH is 1. The van der Waals surface area contributed by atoms with E-state index >= 15 is 0 Å². The lowest BCUT2D eigenvalue weighted by atomic mass is 10.0. The van der Waals surface area contributed by atoms with Crippen molar-refractivity contribution in [2.75, 3.05) is 0 Å². The molecule has 0 aliphatic rings. The van der Waals surface area contributed by atoms with Gasteiger partial charge in [0.05, 0.1) is 6.10 Å². The third-order valence-electron chi connectivity index (χ3n) is 3.05. The van der Waals surface area contributed by atoms with E-state index in [2.05, 4.69) is 10.1 Å². The van der Waals surface area contributed by atoms with Crippen molar-refractivity contribution in [3.63, 3.8) is 0 Å². The predicted molar refractivity (Wildman–Crippen MR) is 70.1 cm³/mol. The van der Waals surface area contributed by atoms with Crippen LogP contribution >= 0.6 is 0 Å². The molecule has 1 unspecified atom stereocenters. The summed E-state index contributed by atoms with van der Waals surface area (Å²) in [6.07, 6.45) is 1.54. The standard InChI is InChI=1S/C14H17F2N3O/c1-2-6-19-14(17-9-18-19)8-10(20)7-11-12(15)4-3-5-13(11)16/h3-5,9-10,20H,2,6-8H2,1H3. The van der Waals surface area contributed by atoms with Gasteiger partial charge in [0.25, 0.3) is 0 Å². The zero-order valence-electron chi connectivity index (χ0n) is 11.3. The van der Waals surface area contributed by atoms with E-state index < -0.39 is 17.7 Å². The molecular weight excluding hydrogens is 264 g/mol. The van der Waals surface area contributed by atoms with Crippen molar-refractivity contribution in [3.8, 4) is 0 Å². The first-order valence-corrected chi connectivity index (χ1v) is 6.59. The lowest BCUT2D eigenvalue weighted by molar-refractivity contribution is 0.168. The summed E-state index contributed by atoms with van der Waals surface area (Å²) < 4.78 is 28.7. The lowest BCUT2D eigenvalue weighted by Gasteiger charge is -2.12. The van der Waals surface area contributed by atoms with E-state index in [-0.39, 0.29) is 18.4 Å². The highest BCUT2D eigenvalue weighted by atomic mass is 19.1. The molecule has 20 heavy (non-hydrogen) atoms. The van der Waals surface area contributed by atoms with Crippen LogP contribution in [0.25, 0.3) is 0 Å². The Kier molecular flexibility index (Phi) is 4.79. The van der Waals surface area contributed by atoms with E-state index in [4.69, 9.17) is 0 Å². The van der Waals surface area contributed by atoms with Gasteiger partial charge in [-0.3, -0.25) is 4.68 Å². The molecule has 0 bridgehead atoms. The Labute approximate surface area is 116 Å². The number of aliphatic hydroxyl groups is 1. The second kappa shape index (κ2) is 6.56. The lowest BCUT2D eigenvalue weighted by Crippen LogP contribution is -2.19. The summed E-state index contributed by atoms with van der Waals surface area (Å²) in [4.78, 5) is 4.07. The molecule has 2 aromatic rings. The number of hydrogen-bond acceptors (Lipinski definition) is 3. The summed E-state index contributed by atoms with van der Waals surface area (Å²) >= 11 is 0. The fourth-order valence-corrected chi connectivity index (χ4v) is 2.09. The third-order valence-corrected chi connectivity index (χ3v) is 3.05. The summed E-state index contributed by atoms with van der Waals surface area (Å²) in [6.45, 7) is 2.72. The van der Waals surface area contributed by atoms with Gasteiger partial charge in [0.2, 0.25) is 0 Å². The molecule has 0 aliphatic carbocycles. The van der Waals surface area contributed by atoms with Crippen molar-refractivity contribution in [1.29, 1.82) is 0 Å². The number of halogens is 2. The first-order chi connectivity index (χ1) is 9.61. The number of nitrogens with zero attached hydrogens (tertiary/aromatic N) is 3. The number of benzene rings is 1. The molecule has 1 aromatic heterocycles. The van der Waals surface area contributed by atoms with Crippen LogP contribution in [0.5, 0.6) is 0 Å². The van der Waals surface area contributed by atoms with Crippen molar-refractivity contribution in [3.05, 3.63) is 47.5 Å². The first kappa shape index (κ1) is 14.6. The Hall–Kier alpha value is -1.82. The maximum absolute atomic E-state index is 13.5. The molecule has 0 amide bonds. The van der Waals surface area contributed by atoms with Crippen LogP contribution in [-0.2, 0) is 19.4 Å². The van der Waals surface area contributed by atoms with Crippen LogP contribution in [0.2, 0.25) is 0 Å². The molecule has 6 heteroatoms. The number of rotatable bonds is 6. The molecule has 1 N–H and O–H groups in total. The highest BCUT2D eigenvalue weighted by Crippen LogP contribution is 2.15. The molecule has 0 saturated heterocycles. The highest BCUT2D eigenvalue weighted by molar-refractivity contribution is 5.20. The third kappa shape index (κ3) is 3.39. The van der Waals surface area contributed by atoms with Crippen LogP contribution in [0.3, 0.4) is 0 Å². The Bertz CT molecular complexity index is 551. The Morgan fingerprint density at radius 2 is 1.95 bits per heavy atom. The van der Waals surface area contributed by atoms with E-state index in [0.717, 1.165) is 6.42 Å². The maximum atomic E-state index is 13.5. The van der Waals surface area contributed by atoms with Crippen LogP contribution in [0.15, 0.2) is 24.5 Å². The molecular formula is C14H17F2N3O. The topological polar surface area (TPSA) is 50.9 Å². The van der Waals surface area contributed by atoms with E-state index in [0.29, 0.717) is 12.4 Å². The minimum Gasteiger partial charge on any atom is -0.392 e. The van der Waals surface area contributed by atoms with Gasteiger partial charge in [-0.15, -0.1) is 0 Å². The predicted octanol–water partition coefficient (Wildman–Crippen LogP) is 2.11. The summed E-state index contributed by atoms with van der Waals surface area (Å²) in [5.74, 6) is -0.658. The van der Waals surface area contributed by atoms with Gasteiger partial charge >= 0.3 is 0 Å². The van der Waals surface area contributed by atoms with Crippen molar-refractivity contribution >= 4 is 0 Å². The largest absolute Gasteiger partial charge is 0.392 e. The minimum absolute atomic E-state index is 0.0858. The summed E-state index contributed by atoms with van der Waals surface area (Å²) in [5, 5.41) is 14.0. The van der Waals surface area contributed by atoms with E-state index in [9.17, 15) is 13.9 Å². The van der Waals surface area contributed by atoms with Crippen LogP contribution < -0.4 is 0 Å². The molecule has 0 fully saturated rings. The van der Waals surface area contributed by atoms with Crippen LogP contribution in [-0.4, -0.2) is 26.0 Å². The Morgan fingerprint density at radius 1 is 1.25 bits per heavy atom. The molecule has 2 rings (SSSR count). The Morgan fingerprint density at radius 3 is 2.60 bits per heavy atom. The van der Waals surface area contributed by atoms with Gasteiger partial charge in [-0.1, -0.05) is 13.0 Å². The van der Waals surface area contributed by atoms with Crippen LogP contribution in [0.1, 0.15) is 24.7 Å². The molecule has 0 spiro atoms. The van der Waals surface area contributed by atoms with Crippen molar-refractivity contribution < 1.29 is 13.9 Å². The van der Waals surface area contributed by atoms with Gasteiger partial charge < -0.3 is 5.11 Å². The van der Waals surface area contributed by atoms with E-state index in [1.807, 2.05) is 6.92 Å². The average Bonchev–Trinajstić information content (AvgIpc) is 2.82. The molecule has 1 aromatic carbocycles. The zero-order chi connectivity index (χ0) is 14.5. The van der Waals surface area contributed by atoms with Crippen LogP contribution in [0.4, 0.5) is 8.78 Å². The second-order valence-corrected chi connectivity index (χ2v) is 4.66. The number of aromatic nitrogens is 3. The summed E-state index contributed by atoms with van der Waals surface area (Å²) in [6, 6.07) is 3.67. The average molecular weight is 281 g/mol. The first-order valence-electron chi connectivity index (χ1n) is 6.59. The van der Waals surface area contributed by atoms with Gasteiger partial charge in [-0.25, -0.2) is 13.8 Å². The monoisotopic (exact) mass is 281 g/mol. The second-order valence-electron chi connectivity index (χ2n) is 4.66. The molecule has 1 heterocycles. The molecule has 4 nitrogen and oxygen atoms in total. The SMILES string of the molecule is CCCn1ncnc1CC(O)Cc1c(F)cccc1F. The number of hydrogen-bond donors (Lipinski definition) is 1. The summed E-state index contributed by atoms with van der Waals surface area (Å²) in [5.41, 5.74) is -0.0958. The fourth-order valence-electron chi connectivity index (χ4n) is 2.09. The van der Waals surface area contributed by atoms with Crippen molar-refractivity contribution in [1.82, 2.24) is 14.8 Å². The number of aryl methyl sites for hydroxylation is 1. The Balaban J connectivity index is 2.05. The van der Waals surface area contributed by atoms with Gasteiger partial charge in [0, 0.05) is 24.9 Å². The minimum atomic E-state index is -0.902. The van der Waals surface area contributed by atoms with Crippen molar-refractivity contribution in [2.24, 2.45) is 0 Å². The molecule has 0 radical (unpaired) electrons. The maximum Gasteiger partial charge on any atom is 0.138 e. The van der Waals surface area contributed by atoms with E-state index in [1.54, 1.807) is 4.68 Å². The van der Waals surface area contributed by atoms with Crippen molar-refractivity contribution in [2.45, 2.75) is 38.8 Å². The normalized spacial score (nSPS) is 12.6. The smallest absolute Gasteiger partial charge is 0.138 e. The van der Waals surface area contributed by atoms with Gasteiger partial charge in [0.1, 0.15) is 23.8 Å². The highest BCUT2D eigenvalue weighted by Gasteiger charge is 2.16. The van der Waals surface area contributed by atoms with Gasteiger partial charge in [-0.05, 0) is 18.6 Å². The quantitative estimate of drug-likeness (QED) is 0.882. The van der Waals surface area contributed by atoms with Crippen LogP contribution in [0, 0.1) is 11.6 Å². The van der Waals surface area contributed by atoms with E-state index in [1.165, 1.54) is 24.5 Å². The molecule has 0 aliphatic heterocycles. The molecule has 0 saturated carbocycles. The molecule has 1 atom stereocenters. The van der Waals surface area contributed by atoms with Gasteiger partial charge in [-0.2, -0.15) is 5.10 Å². The summed E-state index contributed by atoms with van der Waals surface area (Å²) in [7, 11) is 0.